The molecular weight excluding hydrogens is 260 g/mol. The highest BCUT2D eigenvalue weighted by atomic mass is 16.6. The van der Waals surface area contributed by atoms with Gasteiger partial charge in [-0.15, -0.1) is 0 Å². The lowest BCUT2D eigenvalue weighted by Gasteiger charge is -2.57. The van der Waals surface area contributed by atoms with E-state index in [4.69, 9.17) is 4.74 Å². The number of carbonyl (C=O) groups is 1. The average molecular weight is 286 g/mol. The van der Waals surface area contributed by atoms with Crippen LogP contribution in [0.1, 0.15) is 64.5 Å². The van der Waals surface area contributed by atoms with Gasteiger partial charge in [-0.3, -0.25) is 4.79 Å². The summed E-state index contributed by atoms with van der Waals surface area (Å²) in [5.74, 6) is -0.0898. The van der Waals surface area contributed by atoms with Crippen LogP contribution in [0.3, 0.4) is 0 Å². The lowest BCUT2D eigenvalue weighted by Crippen LogP contribution is -2.54. The van der Waals surface area contributed by atoms with E-state index in [1.807, 2.05) is 20.8 Å². The third-order valence-electron chi connectivity index (χ3n) is 5.64. The Morgan fingerprint density at radius 2 is 1.81 bits per heavy atom. The Kier molecular flexibility index (Phi) is 3.20. The summed E-state index contributed by atoms with van der Waals surface area (Å²) in [6, 6.07) is 8.50. The first-order valence-corrected chi connectivity index (χ1v) is 8.10. The quantitative estimate of drug-likeness (QED) is 0.705. The minimum absolute atomic E-state index is 0.0898. The molecule has 2 nitrogen and oxygen atoms in total. The first-order chi connectivity index (χ1) is 9.79. The van der Waals surface area contributed by atoms with E-state index in [-0.39, 0.29) is 11.4 Å². The van der Waals surface area contributed by atoms with Crippen LogP contribution in [0.15, 0.2) is 24.3 Å². The highest BCUT2D eigenvalue weighted by Crippen LogP contribution is 2.61. The van der Waals surface area contributed by atoms with Crippen LogP contribution < -0.4 is 0 Å². The summed E-state index contributed by atoms with van der Waals surface area (Å²) in [4.78, 5) is 12.6. The van der Waals surface area contributed by atoms with Crippen molar-refractivity contribution in [1.82, 2.24) is 0 Å². The zero-order valence-electron chi connectivity index (χ0n) is 13.7. The summed E-state index contributed by atoms with van der Waals surface area (Å²) >= 11 is 0. The molecule has 0 heterocycles. The van der Waals surface area contributed by atoms with Gasteiger partial charge in [0.2, 0.25) is 0 Å². The Labute approximate surface area is 127 Å². The maximum Gasteiger partial charge on any atom is 0.312 e. The number of hydrogen-bond acceptors (Lipinski definition) is 2. The molecule has 1 saturated carbocycles. The Morgan fingerprint density at radius 3 is 2.38 bits per heavy atom. The number of aryl methyl sites for hydroxylation is 1. The van der Waals surface area contributed by atoms with Crippen LogP contribution in [0.2, 0.25) is 0 Å². The van der Waals surface area contributed by atoms with Gasteiger partial charge < -0.3 is 4.74 Å². The van der Waals surface area contributed by atoms with Crippen molar-refractivity contribution < 1.29 is 9.53 Å². The van der Waals surface area contributed by atoms with Crippen molar-refractivity contribution in [2.45, 2.75) is 65.4 Å². The maximum absolute atomic E-state index is 12.6. The molecule has 1 fully saturated rings. The number of carbonyl (C=O) groups excluding carboxylic acids is 1. The molecule has 0 radical (unpaired) electrons. The van der Waals surface area contributed by atoms with Crippen molar-refractivity contribution >= 4 is 5.97 Å². The molecule has 0 saturated heterocycles. The molecule has 2 heteroatoms. The maximum atomic E-state index is 12.6. The number of ether oxygens (including phenoxy) is 1. The molecule has 2 aliphatic carbocycles. The largest absolute Gasteiger partial charge is 0.453 e. The van der Waals surface area contributed by atoms with E-state index in [0.29, 0.717) is 0 Å². The average Bonchev–Trinajstić information content (AvgIpc) is 2.36. The molecule has 0 amide bonds. The monoisotopic (exact) mass is 286 g/mol. The minimum atomic E-state index is -0.468. The number of esters is 1. The van der Waals surface area contributed by atoms with E-state index >= 15 is 0 Å². The first kappa shape index (κ1) is 14.6. The van der Waals surface area contributed by atoms with Crippen molar-refractivity contribution in [3.8, 4) is 0 Å². The molecular formula is C19H26O2. The summed E-state index contributed by atoms with van der Waals surface area (Å²) in [6.45, 7) is 7.94. The van der Waals surface area contributed by atoms with Gasteiger partial charge in [0.15, 0.2) is 0 Å². The topological polar surface area (TPSA) is 26.3 Å². The van der Waals surface area contributed by atoms with E-state index in [1.165, 1.54) is 30.4 Å². The van der Waals surface area contributed by atoms with Gasteiger partial charge in [0.25, 0.3) is 0 Å². The zero-order chi connectivity index (χ0) is 15.3. The van der Waals surface area contributed by atoms with Crippen LogP contribution in [0, 0.1) is 10.8 Å². The summed E-state index contributed by atoms with van der Waals surface area (Å²) in [5, 5.41) is 0. The fraction of sp³-hybridized carbons (Fsp3) is 0.632. The van der Waals surface area contributed by atoms with Crippen molar-refractivity contribution in [3.63, 3.8) is 0 Å². The van der Waals surface area contributed by atoms with Crippen LogP contribution in [0.5, 0.6) is 0 Å². The minimum Gasteiger partial charge on any atom is -0.453 e. The van der Waals surface area contributed by atoms with Crippen molar-refractivity contribution in [2.24, 2.45) is 10.8 Å². The van der Waals surface area contributed by atoms with Gasteiger partial charge in [-0.25, -0.2) is 0 Å². The second kappa shape index (κ2) is 4.59. The molecule has 0 aliphatic heterocycles. The third-order valence-corrected chi connectivity index (χ3v) is 5.64. The summed E-state index contributed by atoms with van der Waals surface area (Å²) < 4.78 is 6.19. The second-order valence-electron chi connectivity index (χ2n) is 7.96. The fourth-order valence-corrected chi connectivity index (χ4v) is 3.93. The van der Waals surface area contributed by atoms with Gasteiger partial charge in [-0.2, -0.15) is 0 Å². The molecule has 3 rings (SSSR count). The lowest BCUT2D eigenvalue weighted by molar-refractivity contribution is -0.202. The predicted octanol–water partition coefficient (Wildman–Crippen LogP) is 4.61. The standard InChI is InChI=1S/C19H26O2/c1-17(2,3)16(20)21-18(4)15-9-6-5-8-14(15)10-13-19(18)11-7-12-19/h5-6,8-9H,7,10-13H2,1-4H3. The number of fused-ring (bicyclic) bond motifs is 1. The Bertz CT molecular complexity index is 563. The van der Waals surface area contributed by atoms with Crippen molar-refractivity contribution in [1.29, 1.82) is 0 Å². The van der Waals surface area contributed by atoms with Gasteiger partial charge in [0.05, 0.1) is 5.41 Å². The molecule has 1 aromatic carbocycles. The normalized spacial score (nSPS) is 26.9. The van der Waals surface area contributed by atoms with Gasteiger partial charge in [0, 0.05) is 5.41 Å². The summed E-state index contributed by atoms with van der Waals surface area (Å²) in [7, 11) is 0. The van der Waals surface area contributed by atoms with E-state index < -0.39 is 11.0 Å². The molecule has 1 unspecified atom stereocenters. The molecule has 0 aromatic heterocycles. The van der Waals surface area contributed by atoms with Crippen LogP contribution >= 0.6 is 0 Å². The van der Waals surface area contributed by atoms with Gasteiger partial charge in [0.1, 0.15) is 5.60 Å². The Morgan fingerprint density at radius 1 is 1.14 bits per heavy atom. The van der Waals surface area contributed by atoms with Crippen molar-refractivity contribution in [3.05, 3.63) is 35.4 Å². The molecule has 114 valence electrons. The molecule has 21 heavy (non-hydrogen) atoms. The molecule has 2 aliphatic rings. The highest BCUT2D eigenvalue weighted by molar-refractivity contribution is 5.76. The fourth-order valence-electron chi connectivity index (χ4n) is 3.93. The van der Waals surface area contributed by atoms with Crippen LogP contribution in [0.25, 0.3) is 0 Å². The van der Waals surface area contributed by atoms with Gasteiger partial charge in [-0.1, -0.05) is 30.7 Å². The molecule has 1 atom stereocenters. The zero-order valence-corrected chi connectivity index (χ0v) is 13.7. The number of benzene rings is 1. The Hall–Kier alpha value is -1.31. The second-order valence-corrected chi connectivity index (χ2v) is 7.96. The summed E-state index contributed by atoms with van der Waals surface area (Å²) in [6.07, 6.45) is 5.85. The predicted molar refractivity (Wildman–Crippen MR) is 83.9 cm³/mol. The molecule has 0 bridgehead atoms. The van der Waals surface area contributed by atoms with Crippen molar-refractivity contribution in [2.75, 3.05) is 0 Å². The van der Waals surface area contributed by atoms with E-state index in [1.54, 1.807) is 0 Å². The molecule has 1 aromatic rings. The smallest absolute Gasteiger partial charge is 0.312 e. The highest BCUT2D eigenvalue weighted by Gasteiger charge is 2.58. The van der Waals surface area contributed by atoms with E-state index in [2.05, 4.69) is 31.2 Å². The van der Waals surface area contributed by atoms with E-state index in [9.17, 15) is 4.79 Å². The third kappa shape index (κ3) is 2.11. The van der Waals surface area contributed by atoms with Gasteiger partial charge in [-0.05, 0) is 64.5 Å². The Balaban J connectivity index is 2.04. The van der Waals surface area contributed by atoms with Crippen LogP contribution in [-0.4, -0.2) is 5.97 Å². The SMILES string of the molecule is CC(C)(C)C(=O)OC1(C)c2ccccc2CCC12CCC2. The number of rotatable bonds is 1. The molecule has 1 spiro atoms. The van der Waals surface area contributed by atoms with E-state index in [0.717, 1.165) is 12.8 Å². The lowest BCUT2D eigenvalue weighted by atomic mass is 9.52. The van der Waals surface area contributed by atoms with Crippen LogP contribution in [-0.2, 0) is 21.6 Å². The number of hydrogen-bond donors (Lipinski definition) is 0. The first-order valence-electron chi connectivity index (χ1n) is 8.10. The van der Waals surface area contributed by atoms with Crippen LogP contribution in [0.4, 0.5) is 0 Å². The van der Waals surface area contributed by atoms with Gasteiger partial charge >= 0.3 is 5.97 Å². The molecule has 0 N–H and O–H groups in total. The summed E-state index contributed by atoms with van der Waals surface area (Å²) in [5.41, 5.74) is 1.81.